The van der Waals surface area contributed by atoms with Gasteiger partial charge in [-0.3, -0.25) is 4.79 Å². The van der Waals surface area contributed by atoms with Crippen LogP contribution in [0.5, 0.6) is 0 Å². The lowest BCUT2D eigenvalue weighted by molar-refractivity contribution is 0.615. The minimum absolute atomic E-state index is 0.0360. The number of thiazole rings is 1. The molecule has 0 fully saturated rings. The van der Waals surface area contributed by atoms with E-state index in [9.17, 15) is 9.18 Å². The molecule has 0 bridgehead atoms. The highest BCUT2D eigenvalue weighted by molar-refractivity contribution is 9.10. The Balaban J connectivity index is 2.37. The van der Waals surface area contributed by atoms with Gasteiger partial charge in [-0.25, -0.2) is 4.39 Å². The van der Waals surface area contributed by atoms with Crippen molar-refractivity contribution in [3.63, 3.8) is 0 Å². The number of hydrogen-bond donors (Lipinski definition) is 0. The van der Waals surface area contributed by atoms with Crippen molar-refractivity contribution in [2.45, 2.75) is 6.54 Å². The van der Waals surface area contributed by atoms with E-state index in [0.29, 0.717) is 11.0 Å². The Morgan fingerprint density at radius 1 is 1.47 bits per heavy atom. The van der Waals surface area contributed by atoms with Crippen LogP contribution in [-0.4, -0.2) is 4.57 Å². The van der Waals surface area contributed by atoms with E-state index < -0.39 is 0 Å². The Bertz CT molecular complexity index is 534. The maximum atomic E-state index is 13.2. The average molecular weight is 288 g/mol. The Labute approximate surface area is 98.1 Å². The molecule has 1 aromatic carbocycles. The first-order chi connectivity index (χ1) is 7.18. The van der Waals surface area contributed by atoms with Crippen molar-refractivity contribution in [3.8, 4) is 0 Å². The summed E-state index contributed by atoms with van der Waals surface area (Å²) in [6, 6.07) is 4.80. The number of halogens is 2. The average Bonchev–Trinajstić information content (AvgIpc) is 2.60. The fourth-order valence-corrected chi connectivity index (χ4v) is 2.24. The third-order valence-electron chi connectivity index (χ3n) is 2.02. The second kappa shape index (κ2) is 4.28. The van der Waals surface area contributed by atoms with E-state index in [0.717, 1.165) is 16.9 Å². The smallest absolute Gasteiger partial charge is 0.301 e. The van der Waals surface area contributed by atoms with Crippen molar-refractivity contribution in [2.75, 3.05) is 0 Å². The quantitative estimate of drug-likeness (QED) is 0.833. The molecule has 0 spiro atoms. The predicted molar refractivity (Wildman–Crippen MR) is 61.8 cm³/mol. The minimum Gasteiger partial charge on any atom is -0.301 e. The lowest BCUT2D eigenvalue weighted by Crippen LogP contribution is -2.13. The van der Waals surface area contributed by atoms with Gasteiger partial charge >= 0.3 is 4.87 Å². The van der Waals surface area contributed by atoms with Crippen molar-refractivity contribution in [3.05, 3.63) is 55.3 Å². The van der Waals surface area contributed by atoms with E-state index in [1.54, 1.807) is 28.3 Å². The first-order valence-electron chi connectivity index (χ1n) is 4.25. The third kappa shape index (κ3) is 2.18. The molecule has 0 aliphatic heterocycles. The normalized spacial score (nSPS) is 10.5. The molecular formula is C10H7BrFNOS. The highest BCUT2D eigenvalue weighted by Gasteiger charge is 2.06. The zero-order valence-electron chi connectivity index (χ0n) is 7.61. The summed E-state index contributed by atoms with van der Waals surface area (Å²) in [4.78, 5) is 11.3. The van der Waals surface area contributed by atoms with Gasteiger partial charge in [0.25, 0.3) is 0 Å². The molecule has 78 valence electrons. The van der Waals surface area contributed by atoms with Gasteiger partial charge in [-0.1, -0.05) is 23.5 Å². The molecule has 15 heavy (non-hydrogen) atoms. The molecule has 0 N–H and O–H groups in total. The zero-order chi connectivity index (χ0) is 10.8. The first-order valence-corrected chi connectivity index (χ1v) is 5.92. The summed E-state index contributed by atoms with van der Waals surface area (Å²) in [6.45, 7) is 0.390. The van der Waals surface area contributed by atoms with Crippen LogP contribution >= 0.6 is 27.3 Å². The van der Waals surface area contributed by atoms with Gasteiger partial charge in [0, 0.05) is 11.6 Å². The van der Waals surface area contributed by atoms with Gasteiger partial charge in [0.2, 0.25) is 0 Å². The SMILES string of the molecule is O=c1sccn1Cc1cccc(F)c1Br. The van der Waals surface area contributed by atoms with Crippen LogP contribution in [-0.2, 0) is 6.54 Å². The summed E-state index contributed by atoms with van der Waals surface area (Å²) in [5, 5.41) is 1.72. The van der Waals surface area contributed by atoms with E-state index in [2.05, 4.69) is 15.9 Å². The molecule has 0 aliphatic rings. The maximum Gasteiger partial charge on any atom is 0.307 e. The Morgan fingerprint density at radius 3 is 2.93 bits per heavy atom. The monoisotopic (exact) mass is 287 g/mol. The van der Waals surface area contributed by atoms with E-state index in [1.165, 1.54) is 6.07 Å². The fraction of sp³-hybridized carbons (Fsp3) is 0.100. The summed E-state index contributed by atoms with van der Waals surface area (Å²) in [6.07, 6.45) is 1.70. The van der Waals surface area contributed by atoms with E-state index in [1.807, 2.05) is 0 Å². The van der Waals surface area contributed by atoms with Crippen LogP contribution in [0.2, 0.25) is 0 Å². The highest BCUT2D eigenvalue weighted by Crippen LogP contribution is 2.20. The van der Waals surface area contributed by atoms with E-state index in [4.69, 9.17) is 0 Å². The van der Waals surface area contributed by atoms with Gasteiger partial charge in [-0.2, -0.15) is 0 Å². The molecule has 2 nitrogen and oxygen atoms in total. The lowest BCUT2D eigenvalue weighted by Gasteiger charge is -2.05. The van der Waals surface area contributed by atoms with Gasteiger partial charge in [-0.15, -0.1) is 0 Å². The van der Waals surface area contributed by atoms with Crippen molar-refractivity contribution >= 4 is 27.3 Å². The molecule has 0 amide bonds. The summed E-state index contributed by atoms with van der Waals surface area (Å²) >= 11 is 4.30. The molecule has 0 saturated heterocycles. The fourth-order valence-electron chi connectivity index (χ4n) is 1.26. The van der Waals surface area contributed by atoms with Gasteiger partial charge in [0.1, 0.15) is 5.82 Å². The Morgan fingerprint density at radius 2 is 2.27 bits per heavy atom. The molecule has 0 atom stereocenters. The largest absolute Gasteiger partial charge is 0.307 e. The van der Waals surface area contributed by atoms with Gasteiger partial charge in [0.15, 0.2) is 0 Å². The zero-order valence-corrected chi connectivity index (χ0v) is 10.0. The topological polar surface area (TPSA) is 22.0 Å². The molecule has 1 heterocycles. The summed E-state index contributed by atoms with van der Waals surface area (Å²) in [5.41, 5.74) is 0.760. The molecule has 1 aromatic heterocycles. The summed E-state index contributed by atoms with van der Waals surface area (Å²) in [5.74, 6) is -0.309. The molecule has 2 rings (SSSR count). The maximum absolute atomic E-state index is 13.2. The third-order valence-corrected chi connectivity index (χ3v) is 3.60. The lowest BCUT2D eigenvalue weighted by atomic mass is 10.2. The molecule has 0 aliphatic carbocycles. The van der Waals surface area contributed by atoms with Crippen LogP contribution in [0.1, 0.15) is 5.56 Å². The van der Waals surface area contributed by atoms with Gasteiger partial charge in [0.05, 0.1) is 11.0 Å². The van der Waals surface area contributed by atoms with Crippen LogP contribution in [0.25, 0.3) is 0 Å². The van der Waals surface area contributed by atoms with Crippen LogP contribution in [0, 0.1) is 5.82 Å². The first kappa shape index (κ1) is 10.6. The van der Waals surface area contributed by atoms with E-state index in [-0.39, 0.29) is 10.7 Å². The molecule has 0 radical (unpaired) electrons. The minimum atomic E-state index is -0.309. The van der Waals surface area contributed by atoms with Crippen molar-refractivity contribution in [1.82, 2.24) is 4.57 Å². The molecular weight excluding hydrogens is 281 g/mol. The Hall–Kier alpha value is -0.940. The number of hydrogen-bond acceptors (Lipinski definition) is 2. The second-order valence-corrected chi connectivity index (χ2v) is 4.66. The number of rotatable bonds is 2. The number of aromatic nitrogens is 1. The van der Waals surface area contributed by atoms with Crippen LogP contribution in [0.4, 0.5) is 4.39 Å². The van der Waals surface area contributed by atoms with Gasteiger partial charge < -0.3 is 4.57 Å². The molecule has 0 unspecified atom stereocenters. The standard InChI is InChI=1S/C10H7BrFNOS/c11-9-7(2-1-3-8(9)12)6-13-4-5-15-10(13)14/h1-5H,6H2. The van der Waals surface area contributed by atoms with Crippen molar-refractivity contribution in [1.29, 1.82) is 0 Å². The highest BCUT2D eigenvalue weighted by atomic mass is 79.9. The summed E-state index contributed by atoms with van der Waals surface area (Å²) in [7, 11) is 0. The number of benzene rings is 1. The predicted octanol–water partition coefficient (Wildman–Crippen LogP) is 2.86. The van der Waals surface area contributed by atoms with Crippen molar-refractivity contribution < 1.29 is 4.39 Å². The van der Waals surface area contributed by atoms with Crippen LogP contribution in [0.15, 0.2) is 39.0 Å². The van der Waals surface area contributed by atoms with E-state index >= 15 is 0 Å². The van der Waals surface area contributed by atoms with Crippen molar-refractivity contribution in [2.24, 2.45) is 0 Å². The van der Waals surface area contributed by atoms with Crippen LogP contribution in [0.3, 0.4) is 0 Å². The molecule has 0 saturated carbocycles. The molecule has 2 aromatic rings. The second-order valence-electron chi connectivity index (χ2n) is 3.01. The van der Waals surface area contributed by atoms with Gasteiger partial charge in [-0.05, 0) is 27.6 Å². The molecule has 5 heteroatoms. The number of nitrogens with zero attached hydrogens (tertiary/aromatic N) is 1. The Kier molecular flexibility index (Phi) is 3.02. The van der Waals surface area contributed by atoms with Crippen LogP contribution < -0.4 is 4.87 Å². The summed E-state index contributed by atoms with van der Waals surface area (Å²) < 4.78 is 15.1.